The topological polar surface area (TPSA) is 41.9 Å². The third kappa shape index (κ3) is 3.09. The van der Waals surface area contributed by atoms with E-state index in [-0.39, 0.29) is 6.61 Å². The number of morpholine rings is 1. The van der Waals surface area contributed by atoms with Gasteiger partial charge >= 0.3 is 0 Å². The number of hydrogen-bond acceptors (Lipinski definition) is 4. The van der Waals surface area contributed by atoms with Crippen LogP contribution in [0.25, 0.3) is 0 Å². The fourth-order valence-electron chi connectivity index (χ4n) is 2.41. The summed E-state index contributed by atoms with van der Waals surface area (Å²) in [5.74, 6) is 1.05. The molecule has 4 heteroatoms. The van der Waals surface area contributed by atoms with Gasteiger partial charge in [0.15, 0.2) is 0 Å². The predicted molar refractivity (Wildman–Crippen MR) is 65.7 cm³/mol. The molecule has 0 radical (unpaired) electrons. The van der Waals surface area contributed by atoms with Gasteiger partial charge in [0, 0.05) is 26.8 Å². The number of hydrogen-bond donors (Lipinski definition) is 1. The largest absolute Gasteiger partial charge is 0.495 e. The fraction of sp³-hybridized carbons (Fsp3) is 0.692. The molecule has 17 heavy (non-hydrogen) atoms. The maximum Gasteiger partial charge on any atom is 0.113 e. The lowest BCUT2D eigenvalue weighted by Crippen LogP contribution is -2.45. The van der Waals surface area contributed by atoms with E-state index in [1.165, 1.54) is 0 Å². The van der Waals surface area contributed by atoms with Crippen LogP contribution in [0.1, 0.15) is 12.8 Å². The van der Waals surface area contributed by atoms with Crippen LogP contribution in [0.2, 0.25) is 0 Å². The van der Waals surface area contributed by atoms with Crippen LogP contribution in [0.5, 0.6) is 0 Å². The Morgan fingerprint density at radius 2 is 2.41 bits per heavy atom. The van der Waals surface area contributed by atoms with Gasteiger partial charge in [-0.3, -0.25) is 4.90 Å². The van der Waals surface area contributed by atoms with Crippen LogP contribution in [0.15, 0.2) is 23.5 Å². The van der Waals surface area contributed by atoms with E-state index >= 15 is 0 Å². The molecule has 1 aliphatic heterocycles. The van der Waals surface area contributed by atoms with Crippen molar-refractivity contribution in [3.05, 3.63) is 23.5 Å². The summed E-state index contributed by atoms with van der Waals surface area (Å²) in [5.41, 5.74) is 1.08. The van der Waals surface area contributed by atoms with Crippen LogP contribution < -0.4 is 0 Å². The van der Waals surface area contributed by atoms with Crippen LogP contribution in [0.3, 0.4) is 0 Å². The van der Waals surface area contributed by atoms with Crippen LogP contribution >= 0.6 is 0 Å². The van der Waals surface area contributed by atoms with Crippen molar-refractivity contribution < 1.29 is 14.6 Å². The molecule has 1 unspecified atom stereocenters. The lowest BCUT2D eigenvalue weighted by atomic mass is 9.96. The molecule has 96 valence electrons. The van der Waals surface area contributed by atoms with Gasteiger partial charge < -0.3 is 14.6 Å². The Bertz CT molecular complexity index is 312. The molecular formula is C13H21NO3. The minimum Gasteiger partial charge on any atom is -0.495 e. The molecule has 4 nitrogen and oxygen atoms in total. The second-order valence-electron chi connectivity index (χ2n) is 4.50. The SMILES string of the molecule is COCCCN1CCOC2=CC=C(CO)CC21. The van der Waals surface area contributed by atoms with Gasteiger partial charge in [-0.15, -0.1) is 0 Å². The van der Waals surface area contributed by atoms with Crippen molar-refractivity contribution in [1.82, 2.24) is 4.90 Å². The van der Waals surface area contributed by atoms with Gasteiger partial charge in [-0.05, 0) is 24.5 Å². The highest BCUT2D eigenvalue weighted by Gasteiger charge is 2.29. The van der Waals surface area contributed by atoms with E-state index in [0.717, 1.165) is 50.5 Å². The molecule has 0 amide bonds. The number of allylic oxidation sites excluding steroid dienone is 2. The molecule has 0 spiro atoms. The van der Waals surface area contributed by atoms with E-state index in [1.54, 1.807) is 7.11 Å². The first-order chi connectivity index (χ1) is 8.35. The number of methoxy groups -OCH3 is 1. The average Bonchev–Trinajstić information content (AvgIpc) is 2.39. The second kappa shape index (κ2) is 6.19. The van der Waals surface area contributed by atoms with E-state index in [4.69, 9.17) is 9.47 Å². The van der Waals surface area contributed by atoms with E-state index < -0.39 is 0 Å². The van der Waals surface area contributed by atoms with E-state index in [2.05, 4.69) is 4.90 Å². The minimum absolute atomic E-state index is 0.145. The Morgan fingerprint density at radius 1 is 1.53 bits per heavy atom. The molecule has 1 aliphatic carbocycles. The molecule has 0 aromatic heterocycles. The summed E-state index contributed by atoms with van der Waals surface area (Å²) in [6.45, 7) is 3.69. The van der Waals surface area contributed by atoms with Crippen LogP contribution in [0, 0.1) is 0 Å². The highest BCUT2D eigenvalue weighted by molar-refractivity contribution is 5.27. The van der Waals surface area contributed by atoms with Gasteiger partial charge in [-0.1, -0.05) is 6.08 Å². The predicted octanol–water partition coefficient (Wildman–Crippen LogP) is 0.930. The van der Waals surface area contributed by atoms with Crippen molar-refractivity contribution >= 4 is 0 Å². The zero-order chi connectivity index (χ0) is 12.1. The molecule has 1 atom stereocenters. The molecule has 1 N–H and O–H groups in total. The lowest BCUT2D eigenvalue weighted by molar-refractivity contribution is 0.0407. The monoisotopic (exact) mass is 239 g/mol. The lowest BCUT2D eigenvalue weighted by Gasteiger charge is -2.39. The van der Waals surface area contributed by atoms with Gasteiger partial charge in [-0.2, -0.15) is 0 Å². The standard InChI is InChI=1S/C13H21NO3/c1-16-7-2-5-14-6-8-17-13-4-3-11(10-15)9-12(13)14/h3-4,12,15H,2,5-10H2,1H3. The highest BCUT2D eigenvalue weighted by atomic mass is 16.5. The fourth-order valence-corrected chi connectivity index (χ4v) is 2.41. The summed E-state index contributed by atoms with van der Waals surface area (Å²) in [6, 6.07) is 0.313. The number of fused-ring (bicyclic) bond motifs is 1. The molecule has 0 saturated carbocycles. The summed E-state index contributed by atoms with van der Waals surface area (Å²) >= 11 is 0. The summed E-state index contributed by atoms with van der Waals surface area (Å²) in [6.07, 6.45) is 5.90. The molecule has 1 heterocycles. The summed E-state index contributed by atoms with van der Waals surface area (Å²) in [4.78, 5) is 2.43. The Morgan fingerprint density at radius 3 is 3.18 bits per heavy atom. The van der Waals surface area contributed by atoms with Gasteiger partial charge in [-0.25, -0.2) is 0 Å². The molecule has 0 aromatic rings. The quantitative estimate of drug-likeness (QED) is 0.725. The minimum atomic E-state index is 0.145. The van der Waals surface area contributed by atoms with Crippen molar-refractivity contribution in [3.63, 3.8) is 0 Å². The number of aliphatic hydroxyl groups excluding tert-OH is 1. The average molecular weight is 239 g/mol. The van der Waals surface area contributed by atoms with Gasteiger partial charge in [0.25, 0.3) is 0 Å². The molecule has 2 rings (SSSR count). The zero-order valence-electron chi connectivity index (χ0n) is 10.4. The second-order valence-corrected chi connectivity index (χ2v) is 4.50. The maximum atomic E-state index is 9.20. The van der Waals surface area contributed by atoms with Crippen molar-refractivity contribution in [3.8, 4) is 0 Å². The first-order valence-electron chi connectivity index (χ1n) is 6.21. The van der Waals surface area contributed by atoms with Gasteiger partial charge in [0.05, 0.1) is 12.6 Å². The van der Waals surface area contributed by atoms with Crippen molar-refractivity contribution in [2.45, 2.75) is 18.9 Å². The number of nitrogens with zero attached hydrogens (tertiary/aromatic N) is 1. The van der Waals surface area contributed by atoms with Crippen molar-refractivity contribution in [2.75, 3.05) is 40.0 Å². The highest BCUT2D eigenvalue weighted by Crippen LogP contribution is 2.27. The first-order valence-corrected chi connectivity index (χ1v) is 6.21. The van der Waals surface area contributed by atoms with Crippen LogP contribution in [-0.4, -0.2) is 56.1 Å². The molecule has 1 fully saturated rings. The van der Waals surface area contributed by atoms with Crippen molar-refractivity contribution in [1.29, 1.82) is 0 Å². The smallest absolute Gasteiger partial charge is 0.113 e. The molecule has 0 bridgehead atoms. The van der Waals surface area contributed by atoms with Crippen molar-refractivity contribution in [2.24, 2.45) is 0 Å². The third-order valence-corrected chi connectivity index (χ3v) is 3.35. The summed E-state index contributed by atoms with van der Waals surface area (Å²) in [7, 11) is 1.73. The first kappa shape index (κ1) is 12.6. The van der Waals surface area contributed by atoms with E-state index in [9.17, 15) is 5.11 Å². The van der Waals surface area contributed by atoms with E-state index in [1.807, 2.05) is 12.2 Å². The summed E-state index contributed by atoms with van der Waals surface area (Å²) < 4.78 is 10.8. The van der Waals surface area contributed by atoms with Gasteiger partial charge in [0.2, 0.25) is 0 Å². The molecule has 1 saturated heterocycles. The number of rotatable bonds is 5. The maximum absolute atomic E-state index is 9.20. The van der Waals surface area contributed by atoms with E-state index in [0.29, 0.717) is 6.04 Å². The summed E-state index contributed by atoms with van der Waals surface area (Å²) in [5, 5.41) is 9.20. The Hall–Kier alpha value is -0.840. The Kier molecular flexibility index (Phi) is 4.59. The zero-order valence-corrected chi connectivity index (χ0v) is 10.4. The molecule has 2 aliphatic rings. The molecular weight excluding hydrogens is 218 g/mol. The van der Waals surface area contributed by atoms with Crippen LogP contribution in [-0.2, 0) is 9.47 Å². The molecule has 0 aromatic carbocycles. The Labute approximate surface area is 103 Å². The number of ether oxygens (including phenoxy) is 2. The van der Waals surface area contributed by atoms with Crippen LogP contribution in [0.4, 0.5) is 0 Å². The Balaban J connectivity index is 1.95. The van der Waals surface area contributed by atoms with Gasteiger partial charge in [0.1, 0.15) is 12.4 Å². The normalized spacial score (nSPS) is 24.7. The third-order valence-electron chi connectivity index (χ3n) is 3.35. The number of aliphatic hydroxyl groups is 1.